The highest BCUT2D eigenvalue weighted by Gasteiger charge is 2.25. The largest absolute Gasteiger partial charge is 0.464 e. The number of esters is 1. The molecule has 0 aliphatic rings. The molecule has 2 N–H and O–H groups in total. The smallest absolute Gasteiger partial charge is 0.360 e. The van der Waals surface area contributed by atoms with E-state index < -0.39 is 17.6 Å². The molecule has 0 atom stereocenters. The minimum atomic E-state index is -0.822. The van der Waals surface area contributed by atoms with E-state index in [4.69, 9.17) is 5.73 Å². The SMILES string of the molecule is CCc1nc(C(=O)OC)c(N)n1-c1c(F)cc(Br)cc1F. The van der Waals surface area contributed by atoms with Crippen LogP contribution in [0.15, 0.2) is 16.6 Å². The van der Waals surface area contributed by atoms with Gasteiger partial charge in [0.05, 0.1) is 7.11 Å². The Hall–Kier alpha value is -1.96. The van der Waals surface area contributed by atoms with E-state index in [1.807, 2.05) is 0 Å². The summed E-state index contributed by atoms with van der Waals surface area (Å²) in [5.74, 6) is -2.32. The fourth-order valence-electron chi connectivity index (χ4n) is 1.96. The fraction of sp³-hybridized carbons (Fsp3) is 0.231. The van der Waals surface area contributed by atoms with E-state index in [1.54, 1.807) is 6.92 Å². The summed E-state index contributed by atoms with van der Waals surface area (Å²) in [6, 6.07) is 2.21. The highest BCUT2D eigenvalue weighted by atomic mass is 79.9. The Kier molecular flexibility index (Phi) is 4.26. The molecular weight excluding hydrogens is 348 g/mol. The lowest BCUT2D eigenvalue weighted by atomic mass is 10.2. The summed E-state index contributed by atoms with van der Waals surface area (Å²) in [6.07, 6.45) is 0.330. The fourth-order valence-corrected chi connectivity index (χ4v) is 2.37. The van der Waals surface area contributed by atoms with Crippen LogP contribution in [0.1, 0.15) is 23.2 Å². The van der Waals surface area contributed by atoms with Crippen LogP contribution < -0.4 is 5.73 Å². The van der Waals surface area contributed by atoms with Gasteiger partial charge in [-0.3, -0.25) is 4.57 Å². The molecule has 21 heavy (non-hydrogen) atoms. The number of benzene rings is 1. The van der Waals surface area contributed by atoms with Gasteiger partial charge in [0.15, 0.2) is 17.3 Å². The minimum Gasteiger partial charge on any atom is -0.464 e. The molecule has 1 aromatic carbocycles. The van der Waals surface area contributed by atoms with Crippen molar-refractivity contribution in [1.29, 1.82) is 0 Å². The van der Waals surface area contributed by atoms with Crippen molar-refractivity contribution in [2.45, 2.75) is 13.3 Å². The van der Waals surface area contributed by atoms with Gasteiger partial charge in [-0.1, -0.05) is 22.9 Å². The highest BCUT2D eigenvalue weighted by Crippen LogP contribution is 2.28. The maximum absolute atomic E-state index is 14.1. The quantitative estimate of drug-likeness (QED) is 0.855. The Morgan fingerprint density at radius 1 is 1.43 bits per heavy atom. The molecule has 2 rings (SSSR count). The predicted molar refractivity (Wildman–Crippen MR) is 76.3 cm³/mol. The third-order valence-electron chi connectivity index (χ3n) is 2.88. The van der Waals surface area contributed by atoms with Gasteiger partial charge < -0.3 is 10.5 Å². The zero-order valence-corrected chi connectivity index (χ0v) is 12.9. The van der Waals surface area contributed by atoms with E-state index in [9.17, 15) is 13.6 Å². The molecular formula is C13H12BrF2N3O2. The van der Waals surface area contributed by atoms with E-state index in [0.29, 0.717) is 6.42 Å². The Balaban J connectivity index is 2.75. The molecule has 2 aromatic rings. The number of nitrogens with two attached hydrogens (primary N) is 1. The number of imidazole rings is 1. The number of carbonyl (C=O) groups is 1. The third kappa shape index (κ3) is 2.63. The molecule has 0 aliphatic heterocycles. The van der Waals surface area contributed by atoms with E-state index in [0.717, 1.165) is 16.7 Å². The molecule has 1 heterocycles. The number of aryl methyl sites for hydroxylation is 1. The van der Waals surface area contributed by atoms with E-state index in [1.165, 1.54) is 7.11 Å². The number of rotatable bonds is 3. The number of nitrogens with zero attached hydrogens (tertiary/aromatic N) is 2. The molecule has 0 aliphatic carbocycles. The van der Waals surface area contributed by atoms with Gasteiger partial charge in [-0.25, -0.2) is 18.6 Å². The Labute approximate surface area is 127 Å². The summed E-state index contributed by atoms with van der Waals surface area (Å²) in [6.45, 7) is 1.73. The van der Waals surface area contributed by atoms with Crippen LogP contribution in [0.25, 0.3) is 5.69 Å². The summed E-state index contributed by atoms with van der Waals surface area (Å²) in [4.78, 5) is 15.6. The van der Waals surface area contributed by atoms with Crippen LogP contribution in [0, 0.1) is 11.6 Å². The predicted octanol–water partition coefficient (Wildman–Crippen LogP) is 2.84. The van der Waals surface area contributed by atoms with Crippen molar-refractivity contribution < 1.29 is 18.3 Å². The molecule has 8 heteroatoms. The average molecular weight is 360 g/mol. The van der Waals surface area contributed by atoms with E-state index in [-0.39, 0.29) is 27.5 Å². The molecule has 0 spiro atoms. The van der Waals surface area contributed by atoms with Gasteiger partial charge in [0.1, 0.15) is 17.3 Å². The summed E-state index contributed by atoms with van der Waals surface area (Å²) in [5.41, 5.74) is 5.27. The van der Waals surface area contributed by atoms with Gasteiger partial charge >= 0.3 is 5.97 Å². The van der Waals surface area contributed by atoms with Crippen molar-refractivity contribution in [2.24, 2.45) is 0 Å². The van der Waals surface area contributed by atoms with Gasteiger partial charge in [-0.2, -0.15) is 0 Å². The second-order valence-corrected chi connectivity index (χ2v) is 5.08. The lowest BCUT2D eigenvalue weighted by Gasteiger charge is -2.11. The summed E-state index contributed by atoms with van der Waals surface area (Å²) >= 11 is 3.00. The van der Waals surface area contributed by atoms with Crippen LogP contribution in [0.5, 0.6) is 0 Å². The van der Waals surface area contributed by atoms with Crippen molar-refractivity contribution in [3.63, 3.8) is 0 Å². The number of anilines is 1. The monoisotopic (exact) mass is 359 g/mol. The maximum atomic E-state index is 14.1. The van der Waals surface area contributed by atoms with Gasteiger partial charge in [0, 0.05) is 10.9 Å². The number of carbonyl (C=O) groups excluding carboxylic acids is 1. The second-order valence-electron chi connectivity index (χ2n) is 4.16. The van der Waals surface area contributed by atoms with E-state index >= 15 is 0 Å². The maximum Gasteiger partial charge on any atom is 0.360 e. The third-order valence-corrected chi connectivity index (χ3v) is 3.34. The number of halogens is 3. The van der Waals surface area contributed by atoms with Gasteiger partial charge in [-0.05, 0) is 12.1 Å². The van der Waals surface area contributed by atoms with Crippen molar-refractivity contribution in [2.75, 3.05) is 12.8 Å². The number of aromatic nitrogens is 2. The summed E-state index contributed by atoms with van der Waals surface area (Å²) in [7, 11) is 1.17. The first kappa shape index (κ1) is 15.4. The highest BCUT2D eigenvalue weighted by molar-refractivity contribution is 9.10. The number of hydrogen-bond donors (Lipinski definition) is 1. The van der Waals surface area contributed by atoms with E-state index in [2.05, 4.69) is 25.7 Å². The number of methoxy groups -OCH3 is 1. The van der Waals surface area contributed by atoms with Crippen LogP contribution >= 0.6 is 15.9 Å². The van der Waals surface area contributed by atoms with Crippen molar-refractivity contribution in [3.05, 3.63) is 39.8 Å². The van der Waals surface area contributed by atoms with Gasteiger partial charge in [0.25, 0.3) is 0 Å². The van der Waals surface area contributed by atoms with Crippen LogP contribution in [-0.4, -0.2) is 22.6 Å². The lowest BCUT2D eigenvalue weighted by molar-refractivity contribution is 0.0595. The Bertz CT molecular complexity index is 693. The van der Waals surface area contributed by atoms with Crippen molar-refractivity contribution in [3.8, 4) is 5.69 Å². The first-order valence-corrected chi connectivity index (χ1v) is 6.80. The van der Waals surface area contributed by atoms with Crippen LogP contribution in [-0.2, 0) is 11.2 Å². The number of ether oxygens (including phenoxy) is 1. The molecule has 0 unspecified atom stereocenters. The zero-order chi connectivity index (χ0) is 15.7. The standard InChI is InChI=1S/C13H12BrF2N3O2/c1-3-9-18-10(13(20)21-2)12(17)19(9)11-7(15)4-6(14)5-8(11)16/h4-5H,3,17H2,1-2H3. The van der Waals surface area contributed by atoms with Crippen LogP contribution in [0.4, 0.5) is 14.6 Å². The Morgan fingerprint density at radius 3 is 2.48 bits per heavy atom. The molecule has 112 valence electrons. The first-order chi connectivity index (χ1) is 9.90. The molecule has 0 bridgehead atoms. The zero-order valence-electron chi connectivity index (χ0n) is 11.3. The number of hydrogen-bond acceptors (Lipinski definition) is 4. The second kappa shape index (κ2) is 5.80. The minimum absolute atomic E-state index is 0.168. The van der Waals surface area contributed by atoms with Crippen LogP contribution in [0.2, 0.25) is 0 Å². The molecule has 0 amide bonds. The molecule has 1 aromatic heterocycles. The number of nitrogen functional groups attached to an aromatic ring is 1. The Morgan fingerprint density at radius 2 is 2.00 bits per heavy atom. The average Bonchev–Trinajstić information content (AvgIpc) is 2.74. The molecule has 0 radical (unpaired) electrons. The van der Waals surface area contributed by atoms with Gasteiger partial charge in [-0.15, -0.1) is 0 Å². The molecule has 0 saturated carbocycles. The first-order valence-electron chi connectivity index (χ1n) is 6.01. The summed E-state index contributed by atoms with van der Waals surface area (Å²) < 4.78 is 34.1. The van der Waals surface area contributed by atoms with Gasteiger partial charge in [0.2, 0.25) is 0 Å². The lowest BCUT2D eigenvalue weighted by Crippen LogP contribution is -2.10. The molecule has 5 nitrogen and oxygen atoms in total. The molecule has 0 saturated heterocycles. The topological polar surface area (TPSA) is 70.1 Å². The van der Waals surface area contributed by atoms with Crippen LogP contribution in [0.3, 0.4) is 0 Å². The van der Waals surface area contributed by atoms with Crippen molar-refractivity contribution >= 4 is 27.7 Å². The normalized spacial score (nSPS) is 10.7. The summed E-state index contributed by atoms with van der Waals surface area (Å²) in [5, 5.41) is 0. The van der Waals surface area contributed by atoms with Crippen molar-refractivity contribution in [1.82, 2.24) is 9.55 Å². The molecule has 0 fully saturated rings.